The molecule has 0 bridgehead atoms. The Labute approximate surface area is 110 Å². The lowest BCUT2D eigenvalue weighted by atomic mass is 10.1. The molecule has 1 aromatic carbocycles. The predicted molar refractivity (Wildman–Crippen MR) is 72.1 cm³/mol. The SMILES string of the molecule is CSC(CO)C(C)NC(=O)c1ccc(N)cc1F. The molecule has 2 atom stereocenters. The first-order valence-corrected chi connectivity index (χ1v) is 6.78. The number of aliphatic hydroxyl groups is 1. The van der Waals surface area contributed by atoms with Gasteiger partial charge in [-0.15, -0.1) is 0 Å². The molecule has 0 fully saturated rings. The zero-order valence-corrected chi connectivity index (χ0v) is 11.1. The Morgan fingerprint density at radius 1 is 1.61 bits per heavy atom. The molecule has 0 aromatic heterocycles. The molecule has 1 aromatic rings. The van der Waals surface area contributed by atoms with Crippen molar-refractivity contribution in [3.63, 3.8) is 0 Å². The third-order valence-electron chi connectivity index (χ3n) is 2.64. The average molecular weight is 272 g/mol. The molecule has 0 spiro atoms. The predicted octanol–water partition coefficient (Wildman–Crippen LogP) is 1.25. The van der Waals surface area contributed by atoms with Crippen molar-refractivity contribution in [3.8, 4) is 0 Å². The maximum absolute atomic E-state index is 13.5. The summed E-state index contributed by atoms with van der Waals surface area (Å²) in [5, 5.41) is 11.6. The van der Waals surface area contributed by atoms with E-state index in [4.69, 9.17) is 10.8 Å². The summed E-state index contributed by atoms with van der Waals surface area (Å²) in [5.74, 6) is -1.16. The maximum atomic E-state index is 13.5. The molecular formula is C12H17FN2O2S. The topological polar surface area (TPSA) is 75.3 Å². The molecule has 18 heavy (non-hydrogen) atoms. The first-order valence-electron chi connectivity index (χ1n) is 5.49. The van der Waals surface area contributed by atoms with E-state index >= 15 is 0 Å². The van der Waals surface area contributed by atoms with Crippen molar-refractivity contribution in [2.75, 3.05) is 18.6 Å². The van der Waals surface area contributed by atoms with Gasteiger partial charge >= 0.3 is 0 Å². The molecule has 0 heterocycles. The highest BCUT2D eigenvalue weighted by molar-refractivity contribution is 7.99. The second-order valence-electron chi connectivity index (χ2n) is 3.96. The van der Waals surface area contributed by atoms with Gasteiger partial charge in [-0.05, 0) is 31.4 Å². The number of benzene rings is 1. The molecule has 0 saturated heterocycles. The van der Waals surface area contributed by atoms with Crippen molar-refractivity contribution in [3.05, 3.63) is 29.6 Å². The number of rotatable bonds is 5. The van der Waals surface area contributed by atoms with Crippen molar-refractivity contribution < 1.29 is 14.3 Å². The Hall–Kier alpha value is -1.27. The van der Waals surface area contributed by atoms with Gasteiger partial charge in [0.25, 0.3) is 5.91 Å². The van der Waals surface area contributed by atoms with E-state index in [-0.39, 0.29) is 29.1 Å². The van der Waals surface area contributed by atoms with Crippen LogP contribution in [0.5, 0.6) is 0 Å². The highest BCUT2D eigenvalue weighted by atomic mass is 32.2. The zero-order chi connectivity index (χ0) is 13.7. The number of amides is 1. The minimum Gasteiger partial charge on any atom is -0.399 e. The smallest absolute Gasteiger partial charge is 0.254 e. The van der Waals surface area contributed by atoms with E-state index in [1.807, 2.05) is 6.26 Å². The van der Waals surface area contributed by atoms with E-state index in [0.29, 0.717) is 0 Å². The summed E-state index contributed by atoms with van der Waals surface area (Å²) in [5.41, 5.74) is 5.64. The molecule has 0 aliphatic carbocycles. The Morgan fingerprint density at radius 3 is 2.78 bits per heavy atom. The van der Waals surface area contributed by atoms with Crippen molar-refractivity contribution in [2.24, 2.45) is 0 Å². The van der Waals surface area contributed by atoms with Gasteiger partial charge < -0.3 is 16.2 Å². The number of nitrogens with one attached hydrogen (secondary N) is 1. The quantitative estimate of drug-likeness (QED) is 0.705. The van der Waals surface area contributed by atoms with Crippen LogP contribution in [0.3, 0.4) is 0 Å². The Kier molecular flexibility index (Phi) is 5.43. The number of carbonyl (C=O) groups is 1. The van der Waals surface area contributed by atoms with Crippen LogP contribution in [-0.2, 0) is 0 Å². The summed E-state index contributed by atoms with van der Waals surface area (Å²) in [6, 6.07) is 3.67. The van der Waals surface area contributed by atoms with Gasteiger partial charge in [0.15, 0.2) is 0 Å². The largest absolute Gasteiger partial charge is 0.399 e. The van der Waals surface area contributed by atoms with E-state index in [2.05, 4.69) is 5.32 Å². The van der Waals surface area contributed by atoms with Gasteiger partial charge in [0.1, 0.15) is 5.82 Å². The van der Waals surface area contributed by atoms with E-state index in [9.17, 15) is 9.18 Å². The normalized spacial score (nSPS) is 14.0. The van der Waals surface area contributed by atoms with Gasteiger partial charge in [0, 0.05) is 17.0 Å². The number of anilines is 1. The first kappa shape index (κ1) is 14.8. The van der Waals surface area contributed by atoms with E-state index in [0.717, 1.165) is 6.07 Å². The summed E-state index contributed by atoms with van der Waals surface area (Å²) in [6.07, 6.45) is 1.84. The minimum atomic E-state index is -0.649. The van der Waals surface area contributed by atoms with E-state index in [1.54, 1.807) is 6.92 Å². The van der Waals surface area contributed by atoms with Gasteiger partial charge in [0.05, 0.1) is 12.2 Å². The second kappa shape index (κ2) is 6.61. The van der Waals surface area contributed by atoms with Crippen LogP contribution in [0.1, 0.15) is 17.3 Å². The number of halogens is 1. The summed E-state index contributed by atoms with van der Waals surface area (Å²) in [7, 11) is 0. The fourth-order valence-corrected chi connectivity index (χ4v) is 2.16. The lowest BCUT2D eigenvalue weighted by Gasteiger charge is -2.21. The Bertz CT molecular complexity index is 425. The standard InChI is InChI=1S/C12H17FN2O2S/c1-7(11(6-16)18-2)15-12(17)9-4-3-8(14)5-10(9)13/h3-5,7,11,16H,6,14H2,1-2H3,(H,15,17). The third-order valence-corrected chi connectivity index (χ3v) is 3.80. The number of nitrogens with two attached hydrogens (primary N) is 1. The molecule has 0 aliphatic heterocycles. The lowest BCUT2D eigenvalue weighted by molar-refractivity contribution is 0.0932. The van der Waals surface area contributed by atoms with Crippen LogP contribution in [0.2, 0.25) is 0 Å². The molecule has 0 radical (unpaired) electrons. The Morgan fingerprint density at radius 2 is 2.28 bits per heavy atom. The number of nitrogen functional groups attached to an aromatic ring is 1. The van der Waals surface area contributed by atoms with Gasteiger partial charge in [-0.2, -0.15) is 11.8 Å². The van der Waals surface area contributed by atoms with Crippen molar-refractivity contribution in [1.29, 1.82) is 0 Å². The molecule has 4 nitrogen and oxygen atoms in total. The summed E-state index contributed by atoms with van der Waals surface area (Å²) in [4.78, 5) is 11.8. The first-order chi connectivity index (χ1) is 8.49. The third kappa shape index (κ3) is 3.61. The van der Waals surface area contributed by atoms with Crippen molar-refractivity contribution >= 4 is 23.4 Å². The van der Waals surface area contributed by atoms with Crippen LogP contribution in [0, 0.1) is 5.82 Å². The van der Waals surface area contributed by atoms with E-state index < -0.39 is 11.7 Å². The van der Waals surface area contributed by atoms with Gasteiger partial charge in [-0.1, -0.05) is 0 Å². The summed E-state index contributed by atoms with van der Waals surface area (Å²) >= 11 is 1.44. The number of carbonyl (C=O) groups excluding carboxylic acids is 1. The fraction of sp³-hybridized carbons (Fsp3) is 0.417. The average Bonchev–Trinajstić information content (AvgIpc) is 2.30. The minimum absolute atomic E-state index is 0.0474. The number of thioether (sulfide) groups is 1. The summed E-state index contributed by atoms with van der Waals surface area (Å²) < 4.78 is 13.5. The molecule has 1 rings (SSSR count). The monoisotopic (exact) mass is 272 g/mol. The zero-order valence-electron chi connectivity index (χ0n) is 10.3. The van der Waals surface area contributed by atoms with Gasteiger partial charge in [-0.3, -0.25) is 4.79 Å². The lowest BCUT2D eigenvalue weighted by Crippen LogP contribution is -2.41. The number of hydrogen-bond acceptors (Lipinski definition) is 4. The van der Waals surface area contributed by atoms with Crippen LogP contribution in [0.15, 0.2) is 18.2 Å². The molecular weight excluding hydrogens is 255 g/mol. The Balaban J connectivity index is 2.76. The number of hydrogen-bond donors (Lipinski definition) is 3. The van der Waals surface area contributed by atoms with Crippen LogP contribution in [0.25, 0.3) is 0 Å². The van der Waals surface area contributed by atoms with Crippen LogP contribution in [0.4, 0.5) is 10.1 Å². The molecule has 2 unspecified atom stereocenters. The van der Waals surface area contributed by atoms with Gasteiger partial charge in [-0.25, -0.2) is 4.39 Å². The molecule has 100 valence electrons. The molecule has 4 N–H and O–H groups in total. The number of aliphatic hydroxyl groups excluding tert-OH is 1. The fourth-order valence-electron chi connectivity index (χ4n) is 1.53. The molecule has 1 amide bonds. The molecule has 6 heteroatoms. The molecule has 0 aliphatic rings. The second-order valence-corrected chi connectivity index (χ2v) is 5.04. The van der Waals surface area contributed by atoms with Crippen LogP contribution in [-0.4, -0.2) is 35.2 Å². The highest BCUT2D eigenvalue weighted by Crippen LogP contribution is 2.14. The van der Waals surface area contributed by atoms with Gasteiger partial charge in [0.2, 0.25) is 0 Å². The van der Waals surface area contributed by atoms with Crippen molar-refractivity contribution in [2.45, 2.75) is 18.2 Å². The van der Waals surface area contributed by atoms with Crippen LogP contribution >= 0.6 is 11.8 Å². The van der Waals surface area contributed by atoms with E-state index in [1.165, 1.54) is 23.9 Å². The maximum Gasteiger partial charge on any atom is 0.254 e. The summed E-state index contributed by atoms with van der Waals surface area (Å²) in [6.45, 7) is 1.72. The van der Waals surface area contributed by atoms with Crippen LogP contribution < -0.4 is 11.1 Å². The van der Waals surface area contributed by atoms with Crippen molar-refractivity contribution in [1.82, 2.24) is 5.32 Å². The molecule has 0 saturated carbocycles. The highest BCUT2D eigenvalue weighted by Gasteiger charge is 2.19.